The lowest BCUT2D eigenvalue weighted by atomic mass is 10.0. The zero-order chi connectivity index (χ0) is 15.6. The van der Waals surface area contributed by atoms with Gasteiger partial charge in [0, 0.05) is 6.04 Å². The molecule has 4 heteroatoms. The van der Waals surface area contributed by atoms with Gasteiger partial charge in [0.05, 0.1) is 4.90 Å². The fraction of sp³-hybridized carbons (Fsp3) is 0.647. The van der Waals surface area contributed by atoms with E-state index in [1.54, 1.807) is 0 Å². The first-order valence-corrected chi connectivity index (χ1v) is 9.41. The van der Waals surface area contributed by atoms with Gasteiger partial charge in [-0.3, -0.25) is 0 Å². The van der Waals surface area contributed by atoms with Crippen LogP contribution in [0.4, 0.5) is 0 Å². The Labute approximate surface area is 129 Å². The monoisotopic (exact) mass is 309 g/mol. The second-order valence-corrected chi connectivity index (χ2v) is 8.05. The number of aryl methyl sites for hydroxylation is 2. The van der Waals surface area contributed by atoms with Crippen molar-refractivity contribution in [3.05, 3.63) is 28.3 Å². The van der Waals surface area contributed by atoms with Crippen molar-refractivity contribution in [1.82, 2.24) is 4.72 Å². The van der Waals surface area contributed by atoms with E-state index in [2.05, 4.69) is 10.8 Å². The highest BCUT2D eigenvalue weighted by atomic mass is 32.2. The molecule has 1 aliphatic rings. The highest BCUT2D eigenvalue weighted by Crippen LogP contribution is 2.27. The Hall–Kier alpha value is -0.870. The van der Waals surface area contributed by atoms with Gasteiger partial charge < -0.3 is 0 Å². The molecule has 0 aliphatic heterocycles. The molecule has 1 saturated carbocycles. The number of sulfonamides is 1. The molecule has 1 aromatic carbocycles. The van der Waals surface area contributed by atoms with Crippen molar-refractivity contribution >= 4 is 10.0 Å². The quantitative estimate of drug-likeness (QED) is 0.860. The summed E-state index contributed by atoms with van der Waals surface area (Å²) in [6, 6.07) is 2.16. The lowest BCUT2D eigenvalue weighted by Crippen LogP contribution is -2.35. The van der Waals surface area contributed by atoms with Crippen molar-refractivity contribution in [1.29, 1.82) is 0 Å². The van der Waals surface area contributed by atoms with Crippen molar-refractivity contribution in [3.63, 3.8) is 0 Å². The maximum Gasteiger partial charge on any atom is 0.241 e. The molecule has 21 heavy (non-hydrogen) atoms. The lowest BCUT2D eigenvalue weighted by Gasteiger charge is -2.20. The van der Waals surface area contributed by atoms with E-state index < -0.39 is 10.0 Å². The molecule has 118 valence electrons. The molecule has 0 aromatic heterocycles. The number of benzene rings is 1. The smallest absolute Gasteiger partial charge is 0.208 e. The summed E-state index contributed by atoms with van der Waals surface area (Å²) in [5.74, 6) is 0. The first kappa shape index (κ1) is 16.5. The minimum absolute atomic E-state index is 0.0946. The zero-order valence-corrected chi connectivity index (χ0v) is 14.4. The van der Waals surface area contributed by atoms with Crippen molar-refractivity contribution in [2.45, 2.75) is 77.2 Å². The zero-order valence-electron chi connectivity index (χ0n) is 13.6. The highest BCUT2D eigenvalue weighted by molar-refractivity contribution is 7.89. The summed E-state index contributed by atoms with van der Waals surface area (Å²) in [6.07, 6.45) is 6.61. The van der Waals surface area contributed by atoms with Crippen molar-refractivity contribution in [2.24, 2.45) is 0 Å². The maximum atomic E-state index is 12.8. The summed E-state index contributed by atoms with van der Waals surface area (Å²) in [4.78, 5) is 0.490. The molecule has 0 unspecified atom stereocenters. The molecule has 0 saturated heterocycles. The number of nitrogens with one attached hydrogen (secondary N) is 1. The normalized spacial score (nSPS) is 17.7. The van der Waals surface area contributed by atoms with Gasteiger partial charge in [-0.1, -0.05) is 31.7 Å². The van der Waals surface area contributed by atoms with Crippen LogP contribution in [0.2, 0.25) is 0 Å². The van der Waals surface area contributed by atoms with E-state index in [1.807, 2.05) is 27.7 Å². The first-order chi connectivity index (χ1) is 9.83. The molecule has 0 heterocycles. The van der Waals surface area contributed by atoms with Crippen LogP contribution in [0.3, 0.4) is 0 Å². The molecule has 1 aromatic rings. The van der Waals surface area contributed by atoms with Gasteiger partial charge in [-0.2, -0.15) is 0 Å². The molecule has 0 amide bonds. The molecule has 1 N–H and O–H groups in total. The summed E-state index contributed by atoms with van der Waals surface area (Å²) >= 11 is 0. The van der Waals surface area contributed by atoms with E-state index in [1.165, 1.54) is 12.8 Å². The van der Waals surface area contributed by atoms with Crippen LogP contribution >= 0.6 is 0 Å². The third kappa shape index (κ3) is 3.67. The maximum absolute atomic E-state index is 12.8. The molecule has 1 fully saturated rings. The Bertz CT molecular complexity index is 586. The third-order valence-electron chi connectivity index (χ3n) is 4.74. The Balaban J connectivity index is 2.35. The van der Waals surface area contributed by atoms with Gasteiger partial charge in [-0.25, -0.2) is 13.1 Å². The first-order valence-electron chi connectivity index (χ1n) is 7.92. The van der Waals surface area contributed by atoms with Crippen LogP contribution in [-0.2, 0) is 10.0 Å². The Morgan fingerprint density at radius 2 is 1.38 bits per heavy atom. The summed E-state index contributed by atoms with van der Waals surface area (Å²) < 4.78 is 28.7. The van der Waals surface area contributed by atoms with Crippen LogP contribution in [-0.4, -0.2) is 14.5 Å². The molecule has 0 spiro atoms. The van der Waals surface area contributed by atoms with Crippen LogP contribution in [0.1, 0.15) is 60.8 Å². The predicted molar refractivity (Wildman–Crippen MR) is 87.2 cm³/mol. The third-order valence-corrected chi connectivity index (χ3v) is 6.54. The minimum atomic E-state index is -3.43. The molecule has 3 nitrogen and oxygen atoms in total. The van der Waals surface area contributed by atoms with Gasteiger partial charge in [0.25, 0.3) is 0 Å². The van der Waals surface area contributed by atoms with Gasteiger partial charge in [0.15, 0.2) is 0 Å². The molecule has 0 radical (unpaired) electrons. The standard InChI is InChI=1S/C17H27NO2S/c1-12-11-13(2)15(4)17(14(12)3)21(19,20)18-16-9-7-5-6-8-10-16/h11,16,18H,5-10H2,1-4H3. The van der Waals surface area contributed by atoms with Gasteiger partial charge in [0.2, 0.25) is 10.0 Å². The lowest BCUT2D eigenvalue weighted by molar-refractivity contribution is 0.509. The van der Waals surface area contributed by atoms with Crippen LogP contribution in [0.25, 0.3) is 0 Å². The number of hydrogen-bond donors (Lipinski definition) is 1. The van der Waals surface area contributed by atoms with Crippen LogP contribution < -0.4 is 4.72 Å². The van der Waals surface area contributed by atoms with Crippen LogP contribution in [0.5, 0.6) is 0 Å². The van der Waals surface area contributed by atoms with E-state index in [0.717, 1.165) is 47.9 Å². The molecular weight excluding hydrogens is 282 g/mol. The van der Waals surface area contributed by atoms with Crippen molar-refractivity contribution in [3.8, 4) is 0 Å². The fourth-order valence-corrected chi connectivity index (χ4v) is 5.18. The van der Waals surface area contributed by atoms with Gasteiger partial charge in [-0.15, -0.1) is 0 Å². The van der Waals surface area contributed by atoms with E-state index in [0.29, 0.717) is 4.90 Å². The average molecular weight is 309 g/mol. The summed E-state index contributed by atoms with van der Waals surface area (Å²) in [5, 5.41) is 0. The van der Waals surface area contributed by atoms with Gasteiger partial charge in [-0.05, 0) is 62.8 Å². The molecule has 0 bridgehead atoms. The van der Waals surface area contributed by atoms with E-state index >= 15 is 0 Å². The second-order valence-electron chi connectivity index (χ2n) is 6.40. The molecule has 2 rings (SSSR count). The SMILES string of the molecule is Cc1cc(C)c(C)c(S(=O)(=O)NC2CCCCCC2)c1C. The summed E-state index contributed by atoms with van der Waals surface area (Å²) in [5.41, 5.74) is 3.83. The number of hydrogen-bond acceptors (Lipinski definition) is 2. The van der Waals surface area contributed by atoms with Crippen LogP contribution in [0.15, 0.2) is 11.0 Å². The van der Waals surface area contributed by atoms with E-state index in [9.17, 15) is 8.42 Å². The minimum Gasteiger partial charge on any atom is -0.208 e. The predicted octanol–water partition coefficient (Wildman–Crippen LogP) is 3.92. The molecular formula is C17H27NO2S. The molecule has 0 atom stereocenters. The Kier molecular flexibility index (Phi) is 5.10. The second kappa shape index (κ2) is 6.49. The van der Waals surface area contributed by atoms with Gasteiger partial charge >= 0.3 is 0 Å². The van der Waals surface area contributed by atoms with Gasteiger partial charge in [0.1, 0.15) is 0 Å². The largest absolute Gasteiger partial charge is 0.241 e. The Morgan fingerprint density at radius 1 is 0.905 bits per heavy atom. The summed E-state index contributed by atoms with van der Waals surface area (Å²) in [6.45, 7) is 7.77. The van der Waals surface area contributed by atoms with E-state index in [4.69, 9.17) is 0 Å². The molecule has 1 aliphatic carbocycles. The summed E-state index contributed by atoms with van der Waals surface area (Å²) in [7, 11) is -3.43. The van der Waals surface area contributed by atoms with Crippen LogP contribution in [0, 0.1) is 27.7 Å². The fourth-order valence-electron chi connectivity index (χ4n) is 3.26. The Morgan fingerprint density at radius 3 is 1.86 bits per heavy atom. The highest BCUT2D eigenvalue weighted by Gasteiger charge is 2.25. The van der Waals surface area contributed by atoms with Crippen molar-refractivity contribution in [2.75, 3.05) is 0 Å². The number of rotatable bonds is 3. The average Bonchev–Trinajstić information content (AvgIpc) is 2.64. The van der Waals surface area contributed by atoms with Crippen molar-refractivity contribution < 1.29 is 8.42 Å². The van der Waals surface area contributed by atoms with E-state index in [-0.39, 0.29) is 6.04 Å². The topological polar surface area (TPSA) is 46.2 Å².